The fourth-order valence-electron chi connectivity index (χ4n) is 2.81. The van der Waals surface area contributed by atoms with E-state index in [4.69, 9.17) is 4.74 Å². The first-order valence-corrected chi connectivity index (χ1v) is 11.7. The van der Waals surface area contributed by atoms with Gasteiger partial charge in [-0.2, -0.15) is 0 Å². The Morgan fingerprint density at radius 3 is 2.06 bits per heavy atom. The third-order valence-electron chi connectivity index (χ3n) is 4.61. The average Bonchev–Trinajstić information content (AvgIpc) is 2.83. The molecular formula is C24H23N3O6S. The minimum atomic E-state index is -3.84. The molecule has 1 unspecified atom stereocenters. The lowest BCUT2D eigenvalue weighted by Gasteiger charge is -2.14. The van der Waals surface area contributed by atoms with Crippen molar-refractivity contribution in [2.24, 2.45) is 0 Å². The number of nitrogens with one attached hydrogen (secondary N) is 3. The summed E-state index contributed by atoms with van der Waals surface area (Å²) in [6, 6.07) is 21.8. The highest BCUT2D eigenvalue weighted by molar-refractivity contribution is 7.92. The lowest BCUT2D eigenvalue weighted by Crippen LogP contribution is -2.44. The highest BCUT2D eigenvalue weighted by atomic mass is 32.2. The van der Waals surface area contributed by atoms with E-state index in [1.807, 2.05) is 30.3 Å². The molecule has 0 aromatic heterocycles. The van der Waals surface area contributed by atoms with Gasteiger partial charge in [-0.25, -0.2) is 18.0 Å². The normalized spacial score (nSPS) is 11.7. The number of urea groups is 1. The molecule has 10 heteroatoms. The molecule has 176 valence electrons. The van der Waals surface area contributed by atoms with Gasteiger partial charge in [0, 0.05) is 12.2 Å². The standard InChI is InChI=1S/C24H23N3O6S/c1-17(22(28)26-24(30)25-16-18-8-4-2-5-9-18)33-23(29)19-12-14-21(15-13-19)34(31,32)27-20-10-6-3-7-11-20/h2-15,17,27H,16H2,1H3,(H2,25,26,28,30). The number of ether oxygens (including phenoxy) is 1. The molecule has 3 aromatic rings. The van der Waals surface area contributed by atoms with E-state index in [0.717, 1.165) is 5.56 Å². The number of hydrogen-bond donors (Lipinski definition) is 3. The molecule has 0 radical (unpaired) electrons. The number of sulfonamides is 1. The number of anilines is 1. The van der Waals surface area contributed by atoms with E-state index in [0.29, 0.717) is 5.69 Å². The zero-order valence-corrected chi connectivity index (χ0v) is 19.0. The largest absolute Gasteiger partial charge is 0.449 e. The fraction of sp³-hybridized carbons (Fsp3) is 0.125. The molecule has 3 rings (SSSR count). The Bertz CT molecular complexity index is 1250. The molecule has 3 N–H and O–H groups in total. The summed E-state index contributed by atoms with van der Waals surface area (Å²) in [5, 5.41) is 4.64. The Balaban J connectivity index is 1.52. The Hall–Kier alpha value is -4.18. The van der Waals surface area contributed by atoms with Gasteiger partial charge in [-0.3, -0.25) is 14.8 Å². The number of carbonyl (C=O) groups is 3. The minimum absolute atomic E-state index is 0.0474. The first-order valence-electron chi connectivity index (χ1n) is 10.3. The first kappa shape index (κ1) is 24.5. The van der Waals surface area contributed by atoms with Crippen LogP contribution in [0.2, 0.25) is 0 Å². The van der Waals surface area contributed by atoms with Gasteiger partial charge in [0.05, 0.1) is 10.5 Å². The van der Waals surface area contributed by atoms with Crippen LogP contribution >= 0.6 is 0 Å². The first-order chi connectivity index (χ1) is 16.2. The van der Waals surface area contributed by atoms with Crippen LogP contribution in [-0.4, -0.2) is 32.4 Å². The summed E-state index contributed by atoms with van der Waals surface area (Å²) in [5.41, 5.74) is 1.31. The van der Waals surface area contributed by atoms with Crippen LogP contribution in [-0.2, 0) is 26.1 Å². The van der Waals surface area contributed by atoms with Crippen molar-refractivity contribution >= 4 is 33.6 Å². The van der Waals surface area contributed by atoms with Crippen molar-refractivity contribution in [1.29, 1.82) is 0 Å². The van der Waals surface area contributed by atoms with Crippen LogP contribution < -0.4 is 15.4 Å². The lowest BCUT2D eigenvalue weighted by molar-refractivity contribution is -0.127. The van der Waals surface area contributed by atoms with Crippen LogP contribution in [0.3, 0.4) is 0 Å². The van der Waals surface area contributed by atoms with E-state index < -0.39 is 34.0 Å². The van der Waals surface area contributed by atoms with Crippen molar-refractivity contribution < 1.29 is 27.5 Å². The third kappa shape index (κ3) is 6.91. The monoisotopic (exact) mass is 481 g/mol. The summed E-state index contributed by atoms with van der Waals surface area (Å²) in [6.45, 7) is 1.54. The van der Waals surface area contributed by atoms with Crippen LogP contribution in [0.15, 0.2) is 89.8 Å². The van der Waals surface area contributed by atoms with E-state index in [1.165, 1.54) is 31.2 Å². The lowest BCUT2D eigenvalue weighted by atomic mass is 10.2. The Labute approximate surface area is 197 Å². The Morgan fingerprint density at radius 2 is 1.44 bits per heavy atom. The van der Waals surface area contributed by atoms with Crippen molar-refractivity contribution in [2.75, 3.05) is 4.72 Å². The minimum Gasteiger partial charge on any atom is -0.449 e. The zero-order valence-electron chi connectivity index (χ0n) is 18.2. The highest BCUT2D eigenvalue weighted by Gasteiger charge is 2.21. The van der Waals surface area contributed by atoms with E-state index >= 15 is 0 Å². The average molecular weight is 482 g/mol. The molecule has 3 aromatic carbocycles. The molecule has 0 aliphatic carbocycles. The molecule has 0 saturated heterocycles. The van der Waals surface area contributed by atoms with E-state index in [1.54, 1.807) is 30.3 Å². The van der Waals surface area contributed by atoms with E-state index in [9.17, 15) is 22.8 Å². The molecule has 0 saturated carbocycles. The van der Waals surface area contributed by atoms with Gasteiger partial charge in [-0.15, -0.1) is 0 Å². The molecule has 0 spiro atoms. The Morgan fingerprint density at radius 1 is 0.853 bits per heavy atom. The molecule has 34 heavy (non-hydrogen) atoms. The van der Waals surface area contributed by atoms with Crippen LogP contribution in [0.25, 0.3) is 0 Å². The van der Waals surface area contributed by atoms with Crippen molar-refractivity contribution in [2.45, 2.75) is 24.5 Å². The van der Waals surface area contributed by atoms with Gasteiger partial charge in [0.1, 0.15) is 0 Å². The summed E-state index contributed by atoms with van der Waals surface area (Å²) < 4.78 is 32.5. The summed E-state index contributed by atoms with van der Waals surface area (Å²) in [4.78, 5) is 36.3. The van der Waals surface area contributed by atoms with Crippen molar-refractivity contribution in [1.82, 2.24) is 10.6 Å². The second-order valence-corrected chi connectivity index (χ2v) is 8.88. The molecule has 0 aliphatic heterocycles. The summed E-state index contributed by atoms with van der Waals surface area (Å²) in [5.74, 6) is -1.64. The number of hydrogen-bond acceptors (Lipinski definition) is 6. The van der Waals surface area contributed by atoms with Crippen LogP contribution in [0.1, 0.15) is 22.8 Å². The van der Waals surface area contributed by atoms with Gasteiger partial charge in [-0.1, -0.05) is 48.5 Å². The van der Waals surface area contributed by atoms with Crippen molar-refractivity contribution in [3.63, 3.8) is 0 Å². The molecule has 1 atom stereocenters. The molecular weight excluding hydrogens is 458 g/mol. The second-order valence-electron chi connectivity index (χ2n) is 7.20. The number of rotatable bonds is 8. The summed E-state index contributed by atoms with van der Waals surface area (Å²) in [6.07, 6.45) is -1.25. The maximum Gasteiger partial charge on any atom is 0.338 e. The summed E-state index contributed by atoms with van der Waals surface area (Å²) in [7, 11) is -3.84. The second kappa shape index (κ2) is 11.1. The quantitative estimate of drug-likeness (QED) is 0.424. The van der Waals surface area contributed by atoms with E-state index in [2.05, 4.69) is 15.4 Å². The topological polar surface area (TPSA) is 131 Å². The van der Waals surface area contributed by atoms with Crippen molar-refractivity contribution in [3.05, 3.63) is 96.1 Å². The molecule has 3 amide bonds. The Kier molecular flexibility index (Phi) is 7.99. The predicted octanol–water partition coefficient (Wildman–Crippen LogP) is 3.06. The van der Waals surface area contributed by atoms with Crippen molar-refractivity contribution in [3.8, 4) is 0 Å². The molecule has 0 heterocycles. The molecule has 9 nitrogen and oxygen atoms in total. The molecule has 0 bridgehead atoms. The predicted molar refractivity (Wildman–Crippen MR) is 125 cm³/mol. The van der Waals surface area contributed by atoms with Gasteiger partial charge in [-0.05, 0) is 48.9 Å². The number of amides is 3. The SMILES string of the molecule is CC(OC(=O)c1ccc(S(=O)(=O)Nc2ccccc2)cc1)C(=O)NC(=O)NCc1ccccc1. The van der Waals surface area contributed by atoms with Crippen LogP contribution in [0.4, 0.5) is 10.5 Å². The number of carbonyl (C=O) groups excluding carboxylic acids is 3. The third-order valence-corrected chi connectivity index (χ3v) is 6.01. The zero-order chi connectivity index (χ0) is 24.6. The number of benzene rings is 3. The number of para-hydroxylation sites is 1. The van der Waals surface area contributed by atoms with Crippen LogP contribution in [0.5, 0.6) is 0 Å². The number of esters is 1. The number of imide groups is 1. The summed E-state index contributed by atoms with van der Waals surface area (Å²) >= 11 is 0. The highest BCUT2D eigenvalue weighted by Crippen LogP contribution is 2.17. The van der Waals surface area contributed by atoms with Gasteiger partial charge < -0.3 is 10.1 Å². The van der Waals surface area contributed by atoms with E-state index in [-0.39, 0.29) is 17.0 Å². The smallest absolute Gasteiger partial charge is 0.338 e. The van der Waals surface area contributed by atoms with Crippen LogP contribution in [0, 0.1) is 0 Å². The molecule has 0 aliphatic rings. The maximum absolute atomic E-state index is 12.5. The fourth-order valence-corrected chi connectivity index (χ4v) is 3.87. The maximum atomic E-state index is 12.5. The molecule has 0 fully saturated rings. The van der Waals surface area contributed by atoms with Gasteiger partial charge >= 0.3 is 12.0 Å². The van der Waals surface area contributed by atoms with Gasteiger partial charge in [0.2, 0.25) is 0 Å². The van der Waals surface area contributed by atoms with Gasteiger partial charge in [0.15, 0.2) is 6.10 Å². The van der Waals surface area contributed by atoms with Gasteiger partial charge in [0.25, 0.3) is 15.9 Å².